The minimum atomic E-state index is 0.0434. The number of aromatic hydroxyl groups is 1. The molecule has 1 saturated heterocycles. The molecule has 0 saturated carbocycles. The second kappa shape index (κ2) is 3.74. The summed E-state index contributed by atoms with van der Waals surface area (Å²) in [6.45, 7) is 5.48. The molecular formula is C15H19NO2. The summed E-state index contributed by atoms with van der Waals surface area (Å²) in [6.07, 6.45) is 2.23. The average Bonchev–Trinajstić information content (AvgIpc) is 2.55. The van der Waals surface area contributed by atoms with E-state index in [-0.39, 0.29) is 11.3 Å². The lowest BCUT2D eigenvalue weighted by Gasteiger charge is -2.35. The number of phenols is 1. The van der Waals surface area contributed by atoms with Crippen LogP contribution in [0.25, 0.3) is 0 Å². The zero-order chi connectivity index (χ0) is 12.9. The maximum absolute atomic E-state index is 11.7. The van der Waals surface area contributed by atoms with Gasteiger partial charge in [0.05, 0.1) is 0 Å². The van der Waals surface area contributed by atoms with Crippen molar-refractivity contribution in [3.63, 3.8) is 0 Å². The molecule has 2 atom stereocenters. The smallest absolute Gasteiger partial charge is 0.219 e. The first-order chi connectivity index (χ1) is 8.49. The van der Waals surface area contributed by atoms with E-state index in [1.165, 1.54) is 11.1 Å². The van der Waals surface area contributed by atoms with Gasteiger partial charge < -0.3 is 10.0 Å². The molecule has 0 spiro atoms. The average molecular weight is 245 g/mol. The van der Waals surface area contributed by atoms with Gasteiger partial charge >= 0.3 is 0 Å². The predicted molar refractivity (Wildman–Crippen MR) is 69.7 cm³/mol. The minimum Gasteiger partial charge on any atom is -0.508 e. The fourth-order valence-electron chi connectivity index (χ4n) is 3.57. The highest BCUT2D eigenvalue weighted by Crippen LogP contribution is 2.47. The molecule has 1 amide bonds. The van der Waals surface area contributed by atoms with Gasteiger partial charge in [0.2, 0.25) is 5.91 Å². The van der Waals surface area contributed by atoms with Crippen molar-refractivity contribution in [2.24, 2.45) is 0 Å². The monoisotopic (exact) mass is 245 g/mol. The van der Waals surface area contributed by atoms with Gasteiger partial charge in [-0.15, -0.1) is 0 Å². The molecule has 2 bridgehead atoms. The van der Waals surface area contributed by atoms with E-state index in [9.17, 15) is 9.90 Å². The van der Waals surface area contributed by atoms with Crippen LogP contribution in [0, 0.1) is 0 Å². The van der Waals surface area contributed by atoms with E-state index in [1.807, 2.05) is 17.0 Å². The number of nitrogens with zero attached hydrogens (tertiary/aromatic N) is 1. The molecular weight excluding hydrogens is 226 g/mol. The number of carbonyl (C=O) groups is 1. The molecule has 2 aliphatic heterocycles. The van der Waals surface area contributed by atoms with Gasteiger partial charge in [-0.25, -0.2) is 0 Å². The lowest BCUT2D eigenvalue weighted by atomic mass is 9.69. The van der Waals surface area contributed by atoms with Gasteiger partial charge in [0, 0.05) is 31.3 Å². The number of benzene rings is 1. The van der Waals surface area contributed by atoms with Crippen LogP contribution >= 0.6 is 0 Å². The molecule has 2 unspecified atom stereocenters. The van der Waals surface area contributed by atoms with Crippen molar-refractivity contribution in [2.75, 3.05) is 13.1 Å². The maximum Gasteiger partial charge on any atom is 0.219 e. The summed E-state index contributed by atoms with van der Waals surface area (Å²) < 4.78 is 0. The van der Waals surface area contributed by atoms with Crippen molar-refractivity contribution in [1.29, 1.82) is 0 Å². The van der Waals surface area contributed by atoms with Crippen LogP contribution in [0.15, 0.2) is 18.2 Å². The zero-order valence-electron chi connectivity index (χ0n) is 10.9. The van der Waals surface area contributed by atoms with Crippen LogP contribution in [0.5, 0.6) is 5.75 Å². The zero-order valence-corrected chi connectivity index (χ0v) is 10.9. The number of hydrogen-bond donors (Lipinski definition) is 1. The molecule has 1 aliphatic carbocycles. The predicted octanol–water partition coefficient (Wildman–Crippen LogP) is 2.39. The lowest BCUT2D eigenvalue weighted by Crippen LogP contribution is -2.38. The molecule has 1 N–H and O–H groups in total. The van der Waals surface area contributed by atoms with E-state index < -0.39 is 0 Å². The van der Waals surface area contributed by atoms with Crippen LogP contribution < -0.4 is 0 Å². The number of rotatable bonds is 0. The summed E-state index contributed by atoms with van der Waals surface area (Å²) >= 11 is 0. The normalized spacial score (nSPS) is 29.9. The highest BCUT2D eigenvalue weighted by Gasteiger charge is 2.42. The van der Waals surface area contributed by atoms with Crippen molar-refractivity contribution >= 4 is 5.91 Å². The van der Waals surface area contributed by atoms with Gasteiger partial charge in [0.15, 0.2) is 0 Å². The summed E-state index contributed by atoms with van der Waals surface area (Å²) in [5, 5.41) is 9.69. The first kappa shape index (κ1) is 11.6. The number of hydrogen-bond acceptors (Lipinski definition) is 2. The summed E-state index contributed by atoms with van der Waals surface area (Å²) in [6, 6.07) is 5.70. The fraction of sp³-hybridized carbons (Fsp3) is 0.533. The fourth-order valence-corrected chi connectivity index (χ4v) is 3.57. The second-order valence-electron chi connectivity index (χ2n) is 5.97. The van der Waals surface area contributed by atoms with E-state index in [4.69, 9.17) is 0 Å². The Hall–Kier alpha value is -1.51. The summed E-state index contributed by atoms with van der Waals surface area (Å²) in [4.78, 5) is 13.7. The van der Waals surface area contributed by atoms with Crippen molar-refractivity contribution in [2.45, 2.75) is 38.0 Å². The maximum atomic E-state index is 11.7. The minimum absolute atomic E-state index is 0.0434. The van der Waals surface area contributed by atoms with Crippen molar-refractivity contribution < 1.29 is 9.90 Å². The third-order valence-corrected chi connectivity index (χ3v) is 4.60. The second-order valence-corrected chi connectivity index (χ2v) is 5.97. The molecule has 1 fully saturated rings. The molecule has 0 aromatic heterocycles. The first-order valence-corrected chi connectivity index (χ1v) is 6.58. The molecule has 3 heteroatoms. The first-order valence-electron chi connectivity index (χ1n) is 6.58. The highest BCUT2D eigenvalue weighted by atomic mass is 16.3. The van der Waals surface area contributed by atoms with Gasteiger partial charge in [0.25, 0.3) is 0 Å². The van der Waals surface area contributed by atoms with Crippen LogP contribution in [0.1, 0.15) is 43.7 Å². The Morgan fingerprint density at radius 1 is 1.50 bits per heavy atom. The molecule has 2 heterocycles. The molecule has 96 valence electrons. The van der Waals surface area contributed by atoms with Crippen molar-refractivity contribution in [1.82, 2.24) is 4.90 Å². The van der Waals surface area contributed by atoms with Crippen LogP contribution in [0.2, 0.25) is 0 Å². The molecule has 3 nitrogen and oxygen atoms in total. The van der Waals surface area contributed by atoms with Crippen molar-refractivity contribution in [3.05, 3.63) is 29.3 Å². The number of phenolic OH excluding ortho intramolecular Hbond substituents is 1. The molecule has 18 heavy (non-hydrogen) atoms. The van der Waals surface area contributed by atoms with Gasteiger partial charge in [-0.05, 0) is 36.1 Å². The Kier molecular flexibility index (Phi) is 2.40. The van der Waals surface area contributed by atoms with Gasteiger partial charge in [0.1, 0.15) is 5.75 Å². The lowest BCUT2D eigenvalue weighted by molar-refractivity contribution is -0.129. The van der Waals surface area contributed by atoms with E-state index in [0.29, 0.717) is 11.7 Å². The van der Waals surface area contributed by atoms with Crippen LogP contribution in [0.4, 0.5) is 0 Å². The Labute approximate surface area is 107 Å². The highest BCUT2D eigenvalue weighted by molar-refractivity contribution is 5.74. The molecule has 3 aliphatic rings. The third kappa shape index (κ3) is 1.61. The SMILES string of the molecule is CC(=O)N1CC2CCC(C)(C1)c1ccc(O)cc12. The Morgan fingerprint density at radius 3 is 3.00 bits per heavy atom. The molecule has 0 radical (unpaired) electrons. The van der Waals surface area contributed by atoms with Crippen molar-refractivity contribution in [3.8, 4) is 5.75 Å². The van der Waals surface area contributed by atoms with Gasteiger partial charge in [-0.2, -0.15) is 0 Å². The van der Waals surface area contributed by atoms with Crippen LogP contribution in [-0.4, -0.2) is 29.0 Å². The van der Waals surface area contributed by atoms with E-state index >= 15 is 0 Å². The Bertz CT molecular complexity index is 511. The summed E-state index contributed by atoms with van der Waals surface area (Å²) in [7, 11) is 0. The number of carbonyl (C=O) groups excluding carboxylic acids is 1. The van der Waals surface area contributed by atoms with E-state index in [0.717, 1.165) is 25.9 Å². The Morgan fingerprint density at radius 2 is 2.28 bits per heavy atom. The summed E-state index contributed by atoms with van der Waals surface area (Å²) in [5.74, 6) is 0.871. The molecule has 1 aromatic rings. The van der Waals surface area contributed by atoms with E-state index in [1.54, 1.807) is 13.0 Å². The Balaban J connectivity index is 2.12. The van der Waals surface area contributed by atoms with E-state index in [2.05, 4.69) is 6.92 Å². The summed E-state index contributed by atoms with van der Waals surface area (Å²) in [5.41, 5.74) is 2.61. The largest absolute Gasteiger partial charge is 0.508 e. The van der Waals surface area contributed by atoms with Gasteiger partial charge in [-0.1, -0.05) is 13.0 Å². The number of amides is 1. The number of fused-ring (bicyclic) bond motifs is 3. The third-order valence-electron chi connectivity index (χ3n) is 4.60. The van der Waals surface area contributed by atoms with Gasteiger partial charge in [-0.3, -0.25) is 4.79 Å². The van der Waals surface area contributed by atoms with Crippen LogP contribution in [0.3, 0.4) is 0 Å². The molecule has 4 rings (SSSR count). The van der Waals surface area contributed by atoms with Crippen LogP contribution in [-0.2, 0) is 10.2 Å². The topological polar surface area (TPSA) is 40.5 Å². The standard InChI is InChI=1S/C15H19NO2/c1-10(17)16-8-11-5-6-15(2,9-16)14-4-3-12(18)7-13(11)14/h3-4,7,11,18H,5-6,8-9H2,1-2H3. The molecule has 1 aromatic carbocycles. The quantitative estimate of drug-likeness (QED) is 0.762.